The van der Waals surface area contributed by atoms with E-state index in [2.05, 4.69) is 21.0 Å². The molecule has 204 valence electrons. The molecule has 1 amide bonds. The van der Waals surface area contributed by atoms with Gasteiger partial charge in [0.15, 0.2) is 5.82 Å². The molecule has 5 rings (SSSR count). The largest absolute Gasteiger partial charge is 0.444 e. The van der Waals surface area contributed by atoms with Gasteiger partial charge in [-0.2, -0.15) is 14.9 Å². The van der Waals surface area contributed by atoms with Gasteiger partial charge in [0.2, 0.25) is 0 Å². The van der Waals surface area contributed by atoms with Gasteiger partial charge in [0.1, 0.15) is 17.7 Å². The number of carbonyl (C=O) groups excluding carboxylic acids is 1. The molecule has 11 heteroatoms. The minimum absolute atomic E-state index is 0.290. The number of ether oxygens (including phenoxy) is 1. The van der Waals surface area contributed by atoms with Crippen molar-refractivity contribution < 1.29 is 13.9 Å². The fourth-order valence-corrected chi connectivity index (χ4v) is 5.15. The van der Waals surface area contributed by atoms with Gasteiger partial charge in [-0.15, -0.1) is 0 Å². The van der Waals surface area contributed by atoms with E-state index in [1.54, 1.807) is 47.7 Å². The summed E-state index contributed by atoms with van der Waals surface area (Å²) in [7, 11) is 0. The van der Waals surface area contributed by atoms with E-state index in [0.717, 1.165) is 10.2 Å². The maximum Gasteiger partial charge on any atom is 0.410 e. The summed E-state index contributed by atoms with van der Waals surface area (Å²) in [6, 6.07) is 10.2. The van der Waals surface area contributed by atoms with Crippen LogP contribution in [-0.4, -0.2) is 47.3 Å². The molecule has 0 saturated heterocycles. The number of rotatable bonds is 3. The third-order valence-corrected chi connectivity index (χ3v) is 7.24. The molecule has 3 heterocycles. The Balaban J connectivity index is 1.71. The number of carbonyl (C=O) groups is 1. The molecule has 0 saturated carbocycles. The Morgan fingerprint density at radius 1 is 1.08 bits per heavy atom. The molecule has 9 nitrogen and oxygen atoms in total. The number of halogens is 2. The van der Waals surface area contributed by atoms with E-state index in [1.807, 2.05) is 39.8 Å². The standard InChI is InChI=1S/C28H30BrFN6O3/c1-16-13-21(14-17(2)24(16)30)35-25(34-15-31-36(26(34)37)20-9-7-19(29)8-10-20)23-18(3)33(12-11-22(23)32-35)27(38)39-28(4,5)6/h7-10,13-15,18H,11-12H2,1-6H3/t18-/m0/s1. The van der Waals surface area contributed by atoms with E-state index >= 15 is 0 Å². The number of aromatic nitrogens is 5. The van der Waals surface area contributed by atoms with Gasteiger partial charge in [-0.25, -0.2) is 23.2 Å². The number of fused-ring (bicyclic) bond motifs is 1. The summed E-state index contributed by atoms with van der Waals surface area (Å²) in [6.07, 6.45) is 1.47. The van der Waals surface area contributed by atoms with Crippen molar-refractivity contribution in [3.63, 3.8) is 0 Å². The van der Waals surface area contributed by atoms with Crippen LogP contribution < -0.4 is 5.69 Å². The van der Waals surface area contributed by atoms with E-state index in [1.165, 1.54) is 15.6 Å². The van der Waals surface area contributed by atoms with Crippen LogP contribution in [0.15, 0.2) is 52.0 Å². The van der Waals surface area contributed by atoms with Gasteiger partial charge in [-0.1, -0.05) is 15.9 Å². The zero-order valence-electron chi connectivity index (χ0n) is 22.7. The number of hydrogen-bond acceptors (Lipinski definition) is 5. The van der Waals surface area contributed by atoms with Crippen molar-refractivity contribution in [2.45, 2.75) is 59.6 Å². The van der Waals surface area contributed by atoms with Crippen LogP contribution in [0.2, 0.25) is 0 Å². The van der Waals surface area contributed by atoms with Gasteiger partial charge in [-0.05, 0) is 89.1 Å². The molecule has 1 aliphatic heterocycles. The summed E-state index contributed by atoms with van der Waals surface area (Å²) in [5, 5.41) is 9.25. The number of benzene rings is 2. The summed E-state index contributed by atoms with van der Waals surface area (Å²) < 4.78 is 25.5. The normalized spacial score (nSPS) is 15.4. The van der Waals surface area contributed by atoms with E-state index in [9.17, 15) is 14.0 Å². The highest BCUT2D eigenvalue weighted by Crippen LogP contribution is 2.36. The zero-order valence-corrected chi connectivity index (χ0v) is 24.3. The van der Waals surface area contributed by atoms with Crippen LogP contribution in [0, 0.1) is 19.7 Å². The average molecular weight is 597 g/mol. The molecule has 0 bridgehead atoms. The number of amides is 1. The molecule has 1 atom stereocenters. The Labute approximate surface area is 233 Å². The quantitative estimate of drug-likeness (QED) is 0.308. The first kappa shape index (κ1) is 26.9. The number of aryl methyl sites for hydroxylation is 2. The maximum atomic E-state index is 14.5. The Bertz CT molecular complexity index is 1610. The molecule has 0 unspecified atom stereocenters. The third kappa shape index (κ3) is 4.91. The highest BCUT2D eigenvalue weighted by molar-refractivity contribution is 9.10. The maximum absolute atomic E-state index is 14.5. The van der Waals surface area contributed by atoms with E-state index in [-0.39, 0.29) is 5.82 Å². The van der Waals surface area contributed by atoms with Crippen LogP contribution in [0.1, 0.15) is 56.1 Å². The SMILES string of the molecule is Cc1cc(-n2nc3c(c2-n2cnn(-c4ccc(Br)cc4)c2=O)[C@H](C)N(C(=O)OC(C)(C)C)CC3)cc(C)c1F. The van der Waals surface area contributed by atoms with E-state index in [4.69, 9.17) is 9.84 Å². The van der Waals surface area contributed by atoms with Gasteiger partial charge in [-0.3, -0.25) is 0 Å². The smallest absolute Gasteiger partial charge is 0.410 e. The summed E-state index contributed by atoms with van der Waals surface area (Å²) >= 11 is 3.41. The minimum Gasteiger partial charge on any atom is -0.444 e. The van der Waals surface area contributed by atoms with E-state index < -0.39 is 23.4 Å². The molecule has 39 heavy (non-hydrogen) atoms. The fourth-order valence-electron chi connectivity index (χ4n) is 4.89. The monoisotopic (exact) mass is 596 g/mol. The predicted molar refractivity (Wildman–Crippen MR) is 148 cm³/mol. The molecule has 0 fully saturated rings. The van der Waals surface area contributed by atoms with Gasteiger partial charge < -0.3 is 9.64 Å². The lowest BCUT2D eigenvalue weighted by molar-refractivity contribution is 0.0159. The second kappa shape index (κ2) is 9.78. The van der Waals surface area contributed by atoms with Crippen molar-refractivity contribution >= 4 is 22.0 Å². The van der Waals surface area contributed by atoms with Gasteiger partial charge in [0.05, 0.1) is 23.1 Å². The number of nitrogens with zero attached hydrogens (tertiary/aromatic N) is 6. The molecule has 1 aliphatic rings. The third-order valence-electron chi connectivity index (χ3n) is 6.71. The Kier molecular flexibility index (Phi) is 6.74. The summed E-state index contributed by atoms with van der Waals surface area (Å²) in [4.78, 5) is 28.5. The lowest BCUT2D eigenvalue weighted by Crippen LogP contribution is -2.42. The first-order chi connectivity index (χ1) is 18.4. The summed E-state index contributed by atoms with van der Waals surface area (Å²) in [5.74, 6) is 0.159. The van der Waals surface area contributed by atoms with Crippen LogP contribution in [0.5, 0.6) is 0 Å². The van der Waals surface area contributed by atoms with Crippen LogP contribution in [0.3, 0.4) is 0 Å². The first-order valence-corrected chi connectivity index (χ1v) is 13.5. The number of hydrogen-bond donors (Lipinski definition) is 0. The van der Waals surface area contributed by atoms with Crippen molar-refractivity contribution in [3.05, 3.63) is 85.9 Å². The molecule has 2 aromatic heterocycles. The van der Waals surface area contributed by atoms with Crippen molar-refractivity contribution in [2.75, 3.05) is 6.54 Å². The minimum atomic E-state index is -0.657. The van der Waals surface area contributed by atoms with Crippen LogP contribution in [0.25, 0.3) is 17.2 Å². The molecular formula is C28H30BrFN6O3. The van der Waals surface area contributed by atoms with Gasteiger partial charge in [0.25, 0.3) is 0 Å². The van der Waals surface area contributed by atoms with Crippen LogP contribution in [-0.2, 0) is 11.2 Å². The molecule has 2 aromatic carbocycles. The van der Waals surface area contributed by atoms with Gasteiger partial charge in [0, 0.05) is 23.0 Å². The lowest BCUT2D eigenvalue weighted by atomic mass is 10.00. The fraction of sp³-hybridized carbons (Fsp3) is 0.357. The Hall–Kier alpha value is -3.73. The lowest BCUT2D eigenvalue weighted by Gasteiger charge is -2.34. The highest BCUT2D eigenvalue weighted by Gasteiger charge is 2.37. The topological polar surface area (TPSA) is 87.2 Å². The van der Waals surface area contributed by atoms with Gasteiger partial charge >= 0.3 is 11.8 Å². The Morgan fingerprint density at radius 2 is 1.72 bits per heavy atom. The molecule has 0 spiro atoms. The van der Waals surface area contributed by atoms with E-state index in [0.29, 0.717) is 46.8 Å². The van der Waals surface area contributed by atoms with Crippen molar-refractivity contribution in [2.24, 2.45) is 0 Å². The second-order valence-electron chi connectivity index (χ2n) is 10.8. The Morgan fingerprint density at radius 3 is 2.33 bits per heavy atom. The zero-order chi connectivity index (χ0) is 28.2. The van der Waals surface area contributed by atoms with Crippen LogP contribution >= 0.6 is 15.9 Å². The predicted octanol–water partition coefficient (Wildman–Crippen LogP) is 5.58. The summed E-state index contributed by atoms with van der Waals surface area (Å²) in [5.41, 5.74) is 2.53. The molecular weight excluding hydrogens is 567 g/mol. The highest BCUT2D eigenvalue weighted by atomic mass is 79.9. The first-order valence-electron chi connectivity index (χ1n) is 12.7. The van der Waals surface area contributed by atoms with Crippen molar-refractivity contribution in [3.8, 4) is 17.2 Å². The molecule has 0 N–H and O–H groups in total. The second-order valence-corrected chi connectivity index (χ2v) is 11.7. The molecule has 4 aromatic rings. The van der Waals surface area contributed by atoms with Crippen molar-refractivity contribution in [1.82, 2.24) is 29.0 Å². The average Bonchev–Trinajstić information content (AvgIpc) is 3.42. The van der Waals surface area contributed by atoms with Crippen molar-refractivity contribution in [1.29, 1.82) is 0 Å². The van der Waals surface area contributed by atoms with Crippen LogP contribution in [0.4, 0.5) is 9.18 Å². The summed E-state index contributed by atoms with van der Waals surface area (Å²) in [6.45, 7) is 11.2. The molecule has 0 radical (unpaired) electrons. The molecule has 0 aliphatic carbocycles.